The van der Waals surface area contributed by atoms with E-state index in [9.17, 15) is 25.2 Å². The van der Waals surface area contributed by atoms with Gasteiger partial charge in [0.1, 0.15) is 28.2 Å². The van der Waals surface area contributed by atoms with Crippen LogP contribution in [-0.4, -0.2) is 20.4 Å². The van der Waals surface area contributed by atoms with Gasteiger partial charge in [0.2, 0.25) is 11.2 Å². The molecule has 0 aliphatic heterocycles. The van der Waals surface area contributed by atoms with Crippen molar-refractivity contribution in [2.24, 2.45) is 0 Å². The first-order valence-electron chi connectivity index (χ1n) is 5.98. The molecule has 0 spiro atoms. The molecule has 110 valence electrons. The molecule has 0 amide bonds. The van der Waals surface area contributed by atoms with Crippen LogP contribution in [0.2, 0.25) is 0 Å². The molecular formula is C16H10O6. The fourth-order valence-electron chi connectivity index (χ4n) is 2.08. The monoisotopic (exact) mass is 298 g/mol. The molecule has 0 fully saturated rings. The van der Waals surface area contributed by atoms with Crippen LogP contribution in [0.1, 0.15) is 0 Å². The van der Waals surface area contributed by atoms with Crippen molar-refractivity contribution in [2.75, 3.05) is 0 Å². The number of phenols is 3. The van der Waals surface area contributed by atoms with E-state index in [4.69, 9.17) is 4.42 Å². The molecule has 0 saturated heterocycles. The smallest absolute Gasteiger partial charge is 0.238 e. The molecule has 0 atom stereocenters. The van der Waals surface area contributed by atoms with Gasteiger partial charge in [0.15, 0.2) is 5.76 Å². The third-order valence-electron chi connectivity index (χ3n) is 3.06. The standard InChI is InChI=1S/C15H10O6.C/c16-8-3-1-7(2-4-8)15-14(20)13(19)12-10(18)5-9(17)6-11(12)21-15;/h1-6,16-18,20H;. The first kappa shape index (κ1) is 15.2. The second kappa shape index (κ2) is 5.33. The van der Waals surface area contributed by atoms with Crippen LogP contribution in [0.5, 0.6) is 23.0 Å². The summed E-state index contributed by atoms with van der Waals surface area (Å²) < 4.78 is 5.41. The fourth-order valence-corrected chi connectivity index (χ4v) is 2.08. The molecule has 6 heteroatoms. The summed E-state index contributed by atoms with van der Waals surface area (Å²) >= 11 is 0. The topological polar surface area (TPSA) is 111 Å². The fraction of sp³-hybridized carbons (Fsp3) is 0. The van der Waals surface area contributed by atoms with E-state index in [1.54, 1.807) is 0 Å². The molecule has 6 nitrogen and oxygen atoms in total. The molecule has 1 aromatic heterocycles. The number of fused-ring (bicyclic) bond motifs is 1. The second-order valence-corrected chi connectivity index (χ2v) is 4.49. The van der Waals surface area contributed by atoms with E-state index >= 15 is 0 Å². The van der Waals surface area contributed by atoms with E-state index in [0.29, 0.717) is 5.56 Å². The van der Waals surface area contributed by atoms with E-state index in [2.05, 4.69) is 0 Å². The molecule has 0 saturated carbocycles. The number of benzene rings is 2. The van der Waals surface area contributed by atoms with Crippen LogP contribution in [0.3, 0.4) is 0 Å². The summed E-state index contributed by atoms with van der Waals surface area (Å²) in [6, 6.07) is 7.82. The zero-order valence-corrected chi connectivity index (χ0v) is 11.1. The highest BCUT2D eigenvalue weighted by molar-refractivity contribution is 5.88. The molecule has 3 rings (SSSR count). The van der Waals surface area contributed by atoms with Crippen molar-refractivity contribution >= 4 is 11.0 Å². The summed E-state index contributed by atoms with van der Waals surface area (Å²) in [5, 5.41) is 38.1. The lowest BCUT2D eigenvalue weighted by atomic mass is 10.1. The van der Waals surface area contributed by atoms with Crippen LogP contribution in [-0.2, 0) is 0 Å². The zero-order chi connectivity index (χ0) is 15.1. The Morgan fingerprint density at radius 1 is 0.864 bits per heavy atom. The normalized spacial score (nSPS) is 10.4. The van der Waals surface area contributed by atoms with Crippen LogP contribution in [0, 0.1) is 7.43 Å². The Morgan fingerprint density at radius 2 is 1.50 bits per heavy atom. The van der Waals surface area contributed by atoms with E-state index in [1.807, 2.05) is 0 Å². The van der Waals surface area contributed by atoms with Gasteiger partial charge in [0.25, 0.3) is 0 Å². The number of hydrogen-bond donors (Lipinski definition) is 4. The van der Waals surface area contributed by atoms with E-state index in [1.165, 1.54) is 30.3 Å². The van der Waals surface area contributed by atoms with Gasteiger partial charge < -0.3 is 24.8 Å². The van der Waals surface area contributed by atoms with Gasteiger partial charge in [-0.15, -0.1) is 0 Å². The summed E-state index contributed by atoms with van der Waals surface area (Å²) in [6.07, 6.45) is 0. The highest BCUT2D eigenvalue weighted by Crippen LogP contribution is 2.35. The van der Waals surface area contributed by atoms with Crippen LogP contribution in [0.25, 0.3) is 22.3 Å². The predicted molar refractivity (Wildman–Crippen MR) is 77.8 cm³/mol. The van der Waals surface area contributed by atoms with Gasteiger partial charge in [-0.1, -0.05) is 0 Å². The first-order chi connectivity index (χ1) is 9.97. The Hall–Kier alpha value is -3.15. The number of rotatable bonds is 1. The van der Waals surface area contributed by atoms with Crippen LogP contribution < -0.4 is 5.43 Å². The van der Waals surface area contributed by atoms with Gasteiger partial charge in [-0.2, -0.15) is 0 Å². The molecule has 1 heterocycles. The van der Waals surface area contributed by atoms with Gasteiger partial charge in [0.05, 0.1) is 0 Å². The minimum atomic E-state index is -0.808. The Labute approximate surface area is 125 Å². The maximum Gasteiger partial charge on any atom is 0.238 e. The van der Waals surface area contributed by atoms with Crippen LogP contribution in [0.15, 0.2) is 45.6 Å². The zero-order valence-electron chi connectivity index (χ0n) is 11.1. The van der Waals surface area contributed by atoms with Gasteiger partial charge in [-0.25, -0.2) is 0 Å². The maximum atomic E-state index is 12.1. The molecule has 22 heavy (non-hydrogen) atoms. The molecular weight excluding hydrogens is 288 g/mol. The summed E-state index contributed by atoms with van der Waals surface area (Å²) in [5.74, 6) is -1.50. The summed E-state index contributed by atoms with van der Waals surface area (Å²) in [4.78, 5) is 12.1. The van der Waals surface area contributed by atoms with E-state index in [-0.39, 0.29) is 35.7 Å². The van der Waals surface area contributed by atoms with Gasteiger partial charge >= 0.3 is 0 Å². The van der Waals surface area contributed by atoms with Crippen molar-refractivity contribution in [3.05, 3.63) is 54.0 Å². The van der Waals surface area contributed by atoms with Crippen molar-refractivity contribution in [1.82, 2.24) is 0 Å². The highest BCUT2D eigenvalue weighted by Gasteiger charge is 2.18. The summed E-state index contributed by atoms with van der Waals surface area (Å²) in [5.41, 5.74) is -0.498. The Balaban J connectivity index is 0.00000176. The molecule has 4 N–H and O–H groups in total. The SMILES string of the molecule is O=c1c(O)c(-c2ccc(O)cc2)oc2cc(O)cc(O)c12.[C]. The highest BCUT2D eigenvalue weighted by atomic mass is 16.4. The third kappa shape index (κ3) is 2.31. The predicted octanol–water partition coefficient (Wildman–Crippen LogP) is 2.36. The third-order valence-corrected chi connectivity index (χ3v) is 3.06. The average molecular weight is 298 g/mol. The molecule has 4 radical (unpaired) electrons. The largest absolute Gasteiger partial charge is 0.508 e. The Morgan fingerprint density at radius 3 is 2.14 bits per heavy atom. The van der Waals surface area contributed by atoms with Crippen LogP contribution in [0.4, 0.5) is 0 Å². The molecule has 0 aliphatic carbocycles. The Bertz CT molecular complexity index is 893. The van der Waals surface area contributed by atoms with Crippen LogP contribution >= 0.6 is 0 Å². The quantitative estimate of drug-likeness (QED) is 0.549. The molecule has 0 unspecified atom stereocenters. The lowest BCUT2D eigenvalue weighted by Gasteiger charge is -2.07. The molecule has 3 aromatic rings. The summed E-state index contributed by atoms with van der Waals surface area (Å²) in [7, 11) is 0. The van der Waals surface area contributed by atoms with Crippen molar-refractivity contribution in [2.45, 2.75) is 0 Å². The molecule has 0 aliphatic rings. The maximum absolute atomic E-state index is 12.1. The number of hydrogen-bond acceptors (Lipinski definition) is 6. The van der Waals surface area contributed by atoms with Gasteiger partial charge in [-0.3, -0.25) is 4.79 Å². The van der Waals surface area contributed by atoms with Gasteiger partial charge in [-0.05, 0) is 24.3 Å². The minimum Gasteiger partial charge on any atom is -0.508 e. The first-order valence-corrected chi connectivity index (χ1v) is 5.98. The number of phenolic OH excluding ortho intramolecular Hbond substituents is 3. The van der Waals surface area contributed by atoms with Gasteiger partial charge in [0, 0.05) is 25.1 Å². The average Bonchev–Trinajstić information content (AvgIpc) is 2.43. The lowest BCUT2D eigenvalue weighted by Crippen LogP contribution is -2.02. The van der Waals surface area contributed by atoms with E-state index < -0.39 is 16.9 Å². The second-order valence-electron chi connectivity index (χ2n) is 4.49. The van der Waals surface area contributed by atoms with Crippen molar-refractivity contribution in [3.8, 4) is 34.3 Å². The summed E-state index contributed by atoms with van der Waals surface area (Å²) in [6.45, 7) is 0. The lowest BCUT2D eigenvalue weighted by molar-refractivity contribution is 0.438. The van der Waals surface area contributed by atoms with Crippen molar-refractivity contribution in [3.63, 3.8) is 0 Å². The minimum absolute atomic E-state index is 0. The van der Waals surface area contributed by atoms with E-state index in [0.717, 1.165) is 6.07 Å². The van der Waals surface area contributed by atoms with Crippen molar-refractivity contribution < 1.29 is 24.8 Å². The van der Waals surface area contributed by atoms with Crippen molar-refractivity contribution in [1.29, 1.82) is 0 Å². The Kier molecular flexibility index (Phi) is 3.69. The number of aromatic hydroxyl groups is 4. The molecule has 0 bridgehead atoms. The molecule has 2 aromatic carbocycles.